The first-order chi connectivity index (χ1) is 13.7. The second-order valence-electron chi connectivity index (χ2n) is 6.60. The molecule has 3 aromatic rings. The van der Waals surface area contributed by atoms with Gasteiger partial charge in [0.2, 0.25) is 5.91 Å². The van der Waals surface area contributed by atoms with E-state index in [2.05, 4.69) is 29.0 Å². The fourth-order valence-corrected chi connectivity index (χ4v) is 3.14. The zero-order chi connectivity index (χ0) is 19.8. The first-order valence-corrected chi connectivity index (χ1v) is 9.85. The normalized spacial score (nSPS) is 11.1. The van der Waals surface area contributed by atoms with Crippen LogP contribution in [0, 0.1) is 0 Å². The lowest BCUT2D eigenvalue weighted by Gasteiger charge is -2.19. The molecule has 1 N–H and O–H groups in total. The molecule has 0 unspecified atom stereocenters. The van der Waals surface area contributed by atoms with Crippen molar-refractivity contribution in [1.29, 1.82) is 0 Å². The summed E-state index contributed by atoms with van der Waals surface area (Å²) in [4.78, 5) is 19.1. The van der Waals surface area contributed by atoms with Crippen molar-refractivity contribution in [2.75, 3.05) is 31.6 Å². The molecule has 6 heteroatoms. The van der Waals surface area contributed by atoms with Gasteiger partial charge in [-0.25, -0.2) is 4.98 Å². The molecule has 0 spiro atoms. The third kappa shape index (κ3) is 5.10. The summed E-state index contributed by atoms with van der Waals surface area (Å²) in [6, 6.07) is 15.5. The summed E-state index contributed by atoms with van der Waals surface area (Å²) in [5, 5.41) is 2.98. The van der Waals surface area contributed by atoms with Gasteiger partial charge in [-0.2, -0.15) is 0 Å². The lowest BCUT2D eigenvalue weighted by Crippen LogP contribution is -2.28. The summed E-state index contributed by atoms with van der Waals surface area (Å²) < 4.78 is 7.91. The van der Waals surface area contributed by atoms with Gasteiger partial charge in [0.15, 0.2) is 0 Å². The predicted octanol–water partition coefficient (Wildman–Crippen LogP) is 3.79. The predicted molar refractivity (Wildman–Crippen MR) is 113 cm³/mol. The van der Waals surface area contributed by atoms with Gasteiger partial charge in [0.1, 0.15) is 12.4 Å². The van der Waals surface area contributed by atoms with Crippen molar-refractivity contribution in [2.45, 2.75) is 26.8 Å². The second kappa shape index (κ2) is 9.90. The number of ether oxygens (including phenoxy) is 1. The molecule has 2 aromatic carbocycles. The molecule has 0 saturated heterocycles. The highest BCUT2D eigenvalue weighted by Gasteiger charge is 2.09. The number of amides is 1. The molecule has 0 bridgehead atoms. The minimum Gasteiger partial charge on any atom is -0.490 e. The van der Waals surface area contributed by atoms with E-state index in [0.29, 0.717) is 31.0 Å². The number of fused-ring (bicyclic) bond motifs is 1. The Hall–Kier alpha value is -2.86. The van der Waals surface area contributed by atoms with Crippen LogP contribution in [0.25, 0.3) is 11.0 Å². The zero-order valence-corrected chi connectivity index (χ0v) is 16.6. The SMILES string of the molecule is CCN(CC)CCOc1ccccc1NC(=O)CCn1cnc2ccccc21. The van der Waals surface area contributed by atoms with E-state index in [1.807, 2.05) is 53.1 Å². The number of anilines is 1. The highest BCUT2D eigenvalue weighted by molar-refractivity contribution is 5.92. The summed E-state index contributed by atoms with van der Waals surface area (Å²) in [6.07, 6.45) is 2.15. The average molecular weight is 380 g/mol. The smallest absolute Gasteiger partial charge is 0.226 e. The average Bonchev–Trinajstić information content (AvgIpc) is 3.14. The number of nitrogens with zero attached hydrogens (tertiary/aromatic N) is 3. The molecular weight excluding hydrogens is 352 g/mol. The Balaban J connectivity index is 1.55. The Morgan fingerprint density at radius 2 is 1.86 bits per heavy atom. The Morgan fingerprint density at radius 1 is 1.11 bits per heavy atom. The molecule has 28 heavy (non-hydrogen) atoms. The maximum absolute atomic E-state index is 12.5. The van der Waals surface area contributed by atoms with Crippen molar-refractivity contribution in [3.05, 3.63) is 54.9 Å². The van der Waals surface area contributed by atoms with Crippen LogP contribution in [0.15, 0.2) is 54.9 Å². The zero-order valence-electron chi connectivity index (χ0n) is 16.6. The van der Waals surface area contributed by atoms with Crippen LogP contribution in [0.5, 0.6) is 5.75 Å². The Kier molecular flexibility index (Phi) is 7.03. The lowest BCUT2D eigenvalue weighted by molar-refractivity contribution is -0.116. The number of aryl methyl sites for hydroxylation is 1. The molecule has 1 amide bonds. The van der Waals surface area contributed by atoms with E-state index < -0.39 is 0 Å². The van der Waals surface area contributed by atoms with Crippen LogP contribution in [0.1, 0.15) is 20.3 Å². The van der Waals surface area contributed by atoms with Gasteiger partial charge < -0.3 is 19.5 Å². The topological polar surface area (TPSA) is 59.4 Å². The van der Waals surface area contributed by atoms with E-state index in [9.17, 15) is 4.79 Å². The number of benzene rings is 2. The fourth-order valence-electron chi connectivity index (χ4n) is 3.14. The van der Waals surface area contributed by atoms with Crippen LogP contribution in [-0.2, 0) is 11.3 Å². The maximum Gasteiger partial charge on any atom is 0.226 e. The summed E-state index contributed by atoms with van der Waals surface area (Å²) in [5.41, 5.74) is 2.69. The molecule has 0 radical (unpaired) electrons. The van der Waals surface area contributed by atoms with Crippen LogP contribution in [0.3, 0.4) is 0 Å². The first kappa shape index (κ1) is 19.9. The molecule has 148 valence electrons. The van der Waals surface area contributed by atoms with E-state index in [1.165, 1.54) is 0 Å². The van der Waals surface area contributed by atoms with E-state index in [0.717, 1.165) is 30.7 Å². The monoisotopic (exact) mass is 380 g/mol. The Morgan fingerprint density at radius 3 is 2.68 bits per heavy atom. The molecule has 1 heterocycles. The van der Waals surface area contributed by atoms with Crippen LogP contribution < -0.4 is 10.1 Å². The van der Waals surface area contributed by atoms with Gasteiger partial charge in [-0.1, -0.05) is 38.1 Å². The third-order valence-corrected chi connectivity index (χ3v) is 4.83. The summed E-state index contributed by atoms with van der Waals surface area (Å²) in [5.74, 6) is 0.661. The number of aromatic nitrogens is 2. The Bertz CT molecular complexity index is 902. The molecule has 0 fully saturated rings. The van der Waals surface area contributed by atoms with Crippen LogP contribution >= 0.6 is 0 Å². The van der Waals surface area contributed by atoms with Gasteiger partial charge in [0, 0.05) is 19.5 Å². The minimum absolute atomic E-state index is 0.0439. The molecule has 1 aromatic heterocycles. The standard InChI is InChI=1S/C22H28N4O2/c1-3-25(4-2)15-16-28-21-12-8-6-10-19(21)24-22(27)13-14-26-17-23-18-9-5-7-11-20(18)26/h5-12,17H,3-4,13-16H2,1-2H3,(H,24,27). The lowest BCUT2D eigenvalue weighted by atomic mass is 10.2. The number of hydrogen-bond acceptors (Lipinski definition) is 4. The molecule has 0 aliphatic rings. The summed E-state index contributed by atoms with van der Waals surface area (Å²) in [7, 11) is 0. The van der Waals surface area contributed by atoms with Gasteiger partial charge >= 0.3 is 0 Å². The highest BCUT2D eigenvalue weighted by atomic mass is 16.5. The maximum atomic E-state index is 12.5. The number of carbonyl (C=O) groups excluding carboxylic acids is 1. The highest BCUT2D eigenvalue weighted by Crippen LogP contribution is 2.24. The largest absolute Gasteiger partial charge is 0.490 e. The van der Waals surface area contributed by atoms with Gasteiger partial charge in [-0.15, -0.1) is 0 Å². The molecule has 0 aliphatic carbocycles. The minimum atomic E-state index is -0.0439. The third-order valence-electron chi connectivity index (χ3n) is 4.83. The van der Waals surface area contributed by atoms with Gasteiger partial charge in [-0.3, -0.25) is 4.79 Å². The molecule has 0 atom stereocenters. The quantitative estimate of drug-likeness (QED) is 0.581. The second-order valence-corrected chi connectivity index (χ2v) is 6.60. The number of rotatable bonds is 10. The van der Waals surface area contributed by atoms with Crippen LogP contribution in [0.2, 0.25) is 0 Å². The van der Waals surface area contributed by atoms with Crippen molar-refractivity contribution in [2.24, 2.45) is 0 Å². The van der Waals surface area contributed by atoms with Crippen molar-refractivity contribution < 1.29 is 9.53 Å². The van der Waals surface area contributed by atoms with Crippen molar-refractivity contribution in [3.63, 3.8) is 0 Å². The number of nitrogens with one attached hydrogen (secondary N) is 1. The molecule has 0 saturated carbocycles. The van der Waals surface area contributed by atoms with Crippen molar-refractivity contribution in [1.82, 2.24) is 14.5 Å². The summed E-state index contributed by atoms with van der Waals surface area (Å²) >= 11 is 0. The Labute approximate surface area is 166 Å². The van der Waals surface area contributed by atoms with Gasteiger partial charge in [0.05, 0.1) is 23.0 Å². The van der Waals surface area contributed by atoms with Crippen LogP contribution in [0.4, 0.5) is 5.69 Å². The van der Waals surface area contributed by atoms with E-state index in [-0.39, 0.29) is 5.91 Å². The van der Waals surface area contributed by atoms with Crippen molar-refractivity contribution >= 4 is 22.6 Å². The number of para-hydroxylation sites is 4. The van der Waals surface area contributed by atoms with E-state index in [1.54, 1.807) is 6.33 Å². The van der Waals surface area contributed by atoms with Gasteiger partial charge in [-0.05, 0) is 37.4 Å². The number of likely N-dealkylation sites (N-methyl/N-ethyl adjacent to an activating group) is 1. The summed E-state index contributed by atoms with van der Waals surface area (Å²) in [6.45, 7) is 8.32. The van der Waals surface area contributed by atoms with Crippen LogP contribution in [-0.4, -0.2) is 46.6 Å². The first-order valence-electron chi connectivity index (χ1n) is 9.85. The number of carbonyl (C=O) groups is 1. The fraction of sp³-hybridized carbons (Fsp3) is 0.364. The van der Waals surface area contributed by atoms with E-state index in [4.69, 9.17) is 4.74 Å². The molecule has 0 aliphatic heterocycles. The number of imidazole rings is 1. The molecule has 3 rings (SSSR count). The van der Waals surface area contributed by atoms with Gasteiger partial charge in [0.25, 0.3) is 0 Å². The molecular formula is C22H28N4O2. The van der Waals surface area contributed by atoms with E-state index >= 15 is 0 Å². The van der Waals surface area contributed by atoms with Crippen molar-refractivity contribution in [3.8, 4) is 5.75 Å². The molecule has 6 nitrogen and oxygen atoms in total. The number of hydrogen-bond donors (Lipinski definition) is 1.